The van der Waals surface area contributed by atoms with Gasteiger partial charge in [-0.05, 0) is 74.1 Å². The smallest absolute Gasteiger partial charge is 0.207 e. The van der Waals surface area contributed by atoms with Crippen molar-refractivity contribution in [3.05, 3.63) is 75.7 Å². The molecule has 0 spiro atoms. The lowest BCUT2D eigenvalue weighted by atomic mass is 9.85. The third-order valence-corrected chi connectivity index (χ3v) is 8.48. The monoisotopic (exact) mass is 558 g/mol. The predicted molar refractivity (Wildman–Crippen MR) is 164 cm³/mol. The van der Waals surface area contributed by atoms with Crippen LogP contribution in [0.4, 0.5) is 0 Å². The predicted octanol–water partition coefficient (Wildman–Crippen LogP) is 6.51. The van der Waals surface area contributed by atoms with E-state index in [1.807, 2.05) is 27.7 Å². The van der Waals surface area contributed by atoms with E-state index in [0.29, 0.717) is 40.9 Å². The third kappa shape index (κ3) is 5.54. The third-order valence-electron chi connectivity index (χ3n) is 8.48. The molecule has 3 N–H and O–H groups in total. The summed E-state index contributed by atoms with van der Waals surface area (Å²) >= 11 is 0. The number of carbonyl (C=O) groups is 2. The fourth-order valence-electron chi connectivity index (χ4n) is 6.08. The van der Waals surface area contributed by atoms with Crippen LogP contribution >= 0.6 is 0 Å². The molecule has 2 heterocycles. The average Bonchev–Trinajstić information content (AvgIpc) is 3.53. The van der Waals surface area contributed by atoms with Gasteiger partial charge in [-0.2, -0.15) is 5.43 Å². The molecule has 5 aliphatic rings. The number of ketones is 2. The number of benzene rings is 1. The quantitative estimate of drug-likeness (QED) is 0.330. The molecule has 220 valence electrons. The van der Waals surface area contributed by atoms with Gasteiger partial charge in [-0.25, -0.2) is 5.53 Å². The summed E-state index contributed by atoms with van der Waals surface area (Å²) in [6.07, 6.45) is 8.57. The Labute approximate surface area is 245 Å². The first-order valence-electron chi connectivity index (χ1n) is 15.3. The van der Waals surface area contributed by atoms with Gasteiger partial charge >= 0.3 is 0 Å². The van der Waals surface area contributed by atoms with E-state index >= 15 is 0 Å². The summed E-state index contributed by atoms with van der Waals surface area (Å²) in [5.74, 6) is 0.978. The maximum atomic E-state index is 13.3. The van der Waals surface area contributed by atoms with E-state index in [1.54, 1.807) is 13.8 Å². The largest absolute Gasteiger partial charge is 0.360 e. The highest BCUT2D eigenvalue weighted by molar-refractivity contribution is 6.24. The van der Waals surface area contributed by atoms with Crippen molar-refractivity contribution in [2.75, 3.05) is 0 Å². The number of nitrogens with zero attached hydrogens (tertiary/aromatic N) is 3. The van der Waals surface area contributed by atoms with Gasteiger partial charge < -0.3 is 10.2 Å². The number of allylic oxidation sites excluding steroid dienone is 5. The number of nitrogens with one attached hydrogen (secondary N) is 3. The molecule has 1 fully saturated rings. The van der Waals surface area contributed by atoms with Crippen LogP contribution in [0.25, 0.3) is 5.57 Å². The summed E-state index contributed by atoms with van der Waals surface area (Å²) in [6.45, 7) is 16.3. The van der Waals surface area contributed by atoms with Crippen molar-refractivity contribution >= 4 is 17.1 Å². The minimum absolute atomic E-state index is 0.0450. The van der Waals surface area contributed by atoms with E-state index < -0.39 is 5.66 Å². The highest BCUT2D eigenvalue weighted by Gasteiger charge is 2.50. The second-order valence-corrected chi connectivity index (χ2v) is 11.0. The van der Waals surface area contributed by atoms with Crippen LogP contribution in [-0.4, -0.2) is 28.3 Å². The van der Waals surface area contributed by atoms with Crippen molar-refractivity contribution in [1.82, 2.24) is 21.2 Å². The molecule has 8 heteroatoms. The zero-order valence-electron chi connectivity index (χ0n) is 25.9. The van der Waals surface area contributed by atoms with Crippen LogP contribution in [0.5, 0.6) is 0 Å². The summed E-state index contributed by atoms with van der Waals surface area (Å²) in [6, 6.07) is 8.58. The number of hydrogen-bond donors (Lipinski definition) is 3. The highest BCUT2D eigenvalue weighted by atomic mass is 16.1. The molecule has 0 radical (unpaired) electrons. The number of Topliss-reactive ketones (excluding diaryl/α,β-unsaturated/α-hetero) is 2. The van der Waals surface area contributed by atoms with Gasteiger partial charge in [0.2, 0.25) is 11.6 Å². The molecule has 1 aromatic carbocycles. The van der Waals surface area contributed by atoms with Gasteiger partial charge in [0.25, 0.3) is 0 Å². The fraction of sp³-hybridized carbons (Fsp3) is 0.515. The average molecular weight is 559 g/mol. The normalized spacial score (nSPS) is 27.5. The van der Waals surface area contributed by atoms with Crippen LogP contribution in [0.15, 0.2) is 74.9 Å². The van der Waals surface area contributed by atoms with E-state index in [1.165, 1.54) is 11.1 Å². The zero-order valence-corrected chi connectivity index (χ0v) is 25.9. The lowest BCUT2D eigenvalue weighted by molar-refractivity contribution is -0.117. The van der Waals surface area contributed by atoms with E-state index in [9.17, 15) is 9.59 Å². The molecule has 1 aromatic rings. The molecule has 0 bridgehead atoms. The first-order chi connectivity index (χ1) is 19.8. The summed E-state index contributed by atoms with van der Waals surface area (Å²) in [7, 11) is 0. The number of hydrogen-bond acceptors (Lipinski definition) is 8. The molecule has 4 atom stereocenters. The zero-order chi connectivity index (χ0) is 29.9. The molecule has 4 unspecified atom stereocenters. The Morgan fingerprint density at radius 2 is 1.71 bits per heavy atom. The number of carbonyl (C=O) groups excluding carboxylic acids is 2. The lowest BCUT2D eigenvalue weighted by Crippen LogP contribution is -2.44. The molecule has 0 aromatic heterocycles. The summed E-state index contributed by atoms with van der Waals surface area (Å²) in [4.78, 5) is 28.4. The molecule has 1 saturated carbocycles. The SMILES string of the molecule is CC.CC.CCCCC1NC2=C(C(=O)C(C)=C(C)C2=O)N1Cc1ccc(C2=C(C3(C)N=NNN3)C3CC3C=C2)cc1. The Bertz CT molecular complexity index is 1340. The van der Waals surface area contributed by atoms with Crippen LogP contribution in [0.2, 0.25) is 0 Å². The van der Waals surface area contributed by atoms with Gasteiger partial charge in [0.05, 0.1) is 6.17 Å². The minimum atomic E-state index is -0.549. The van der Waals surface area contributed by atoms with Crippen molar-refractivity contribution in [2.24, 2.45) is 22.2 Å². The van der Waals surface area contributed by atoms with Gasteiger partial charge in [0.1, 0.15) is 11.4 Å². The van der Waals surface area contributed by atoms with Crippen molar-refractivity contribution in [3.63, 3.8) is 0 Å². The fourth-order valence-corrected chi connectivity index (χ4v) is 6.08. The van der Waals surface area contributed by atoms with Crippen LogP contribution in [0, 0.1) is 11.8 Å². The van der Waals surface area contributed by atoms with Crippen LogP contribution in [0.3, 0.4) is 0 Å². The molecular weight excluding hydrogens is 512 g/mol. The first kappa shape index (κ1) is 30.4. The van der Waals surface area contributed by atoms with E-state index in [0.717, 1.165) is 36.8 Å². The summed E-state index contributed by atoms with van der Waals surface area (Å²) < 4.78 is 0. The van der Waals surface area contributed by atoms with Gasteiger partial charge in [0.15, 0.2) is 5.66 Å². The Kier molecular flexibility index (Phi) is 9.32. The van der Waals surface area contributed by atoms with Crippen molar-refractivity contribution in [1.29, 1.82) is 0 Å². The van der Waals surface area contributed by atoms with E-state index in [2.05, 4.69) is 81.8 Å². The summed E-state index contributed by atoms with van der Waals surface area (Å²) in [5, 5.41) is 11.8. The standard InChI is InChI=1S/C29H34N6O2.2C2H6/c1-5-6-7-23-30-25-26(28(37)17(3)16(2)27(25)36)35(23)15-18-8-10-19(11-9-18)21-13-12-20-14-22(20)24(21)29(4)31-33-34-32-29;2*1-2/h8-13,20,22-23,30H,5-7,14-15H2,1-4H3,(H,31,34)(H,32,33);2*1-2H3. The molecule has 8 nitrogen and oxygen atoms in total. The maximum absolute atomic E-state index is 13.3. The molecule has 41 heavy (non-hydrogen) atoms. The Balaban J connectivity index is 0.000000929. The van der Waals surface area contributed by atoms with Gasteiger partial charge in [-0.15, -0.1) is 5.11 Å². The number of rotatable bonds is 7. The van der Waals surface area contributed by atoms with Gasteiger partial charge in [-0.3, -0.25) is 9.59 Å². The van der Waals surface area contributed by atoms with E-state index in [-0.39, 0.29) is 17.7 Å². The Hall–Kier alpha value is -3.52. The van der Waals surface area contributed by atoms with Crippen molar-refractivity contribution < 1.29 is 9.59 Å². The van der Waals surface area contributed by atoms with Crippen LogP contribution < -0.4 is 16.3 Å². The molecule has 2 aliphatic heterocycles. The minimum Gasteiger partial charge on any atom is -0.360 e. The van der Waals surface area contributed by atoms with Crippen LogP contribution in [-0.2, 0) is 16.1 Å². The Morgan fingerprint density at radius 1 is 1.02 bits per heavy atom. The second kappa shape index (κ2) is 12.6. The van der Waals surface area contributed by atoms with Gasteiger partial charge in [-0.1, -0.05) is 82.7 Å². The number of fused-ring (bicyclic) bond motifs is 1. The Morgan fingerprint density at radius 3 is 2.34 bits per heavy atom. The number of unbranched alkanes of at least 4 members (excludes halogenated alkanes) is 1. The van der Waals surface area contributed by atoms with Crippen LogP contribution in [0.1, 0.15) is 92.2 Å². The highest BCUT2D eigenvalue weighted by Crippen LogP contribution is 2.54. The molecule has 6 rings (SSSR count). The molecule has 0 saturated heterocycles. The molecule has 3 aliphatic carbocycles. The topological polar surface area (TPSA) is 98.2 Å². The van der Waals surface area contributed by atoms with Crippen molar-refractivity contribution in [3.8, 4) is 0 Å². The molecule has 0 amide bonds. The van der Waals surface area contributed by atoms with Crippen molar-refractivity contribution in [2.45, 2.75) is 99.4 Å². The van der Waals surface area contributed by atoms with Gasteiger partial charge in [0, 0.05) is 17.7 Å². The maximum Gasteiger partial charge on any atom is 0.207 e. The second-order valence-electron chi connectivity index (χ2n) is 11.0. The number of hydrazine groups is 1. The first-order valence-corrected chi connectivity index (χ1v) is 15.3. The van der Waals surface area contributed by atoms with E-state index in [4.69, 9.17) is 0 Å². The molecular formula is C33H46N6O2. The lowest BCUT2D eigenvalue weighted by Gasteiger charge is -2.29. The summed E-state index contributed by atoms with van der Waals surface area (Å²) in [5.41, 5.74) is 12.3.